The van der Waals surface area contributed by atoms with E-state index in [4.69, 9.17) is 5.11 Å². The first-order chi connectivity index (χ1) is 8.00. The van der Waals surface area contributed by atoms with Crippen LogP contribution < -0.4 is 4.90 Å². The van der Waals surface area contributed by atoms with E-state index in [0.29, 0.717) is 5.82 Å². The Kier molecular flexibility index (Phi) is 3.15. The Morgan fingerprint density at radius 2 is 2.35 bits per heavy atom. The first-order valence-corrected chi connectivity index (χ1v) is 5.94. The number of hydrogen-bond donors (Lipinski definition) is 1. The first-order valence-electron chi connectivity index (χ1n) is 5.15. The molecular weight excluding hydrogens is 288 g/mol. The maximum Gasteiger partial charge on any atom is 0.308 e. The normalized spacial score (nSPS) is 19.8. The average molecular weight is 299 g/mol. The molecule has 1 aliphatic rings. The van der Waals surface area contributed by atoms with E-state index in [2.05, 4.69) is 20.9 Å². The SMILES string of the molecule is Cc1ccnc(N2CC(C(=O)O)CC2=O)c1Br. The van der Waals surface area contributed by atoms with Gasteiger partial charge in [-0.15, -0.1) is 0 Å². The number of carbonyl (C=O) groups excluding carboxylic acids is 1. The summed E-state index contributed by atoms with van der Waals surface area (Å²) < 4.78 is 0.736. The number of hydrogen-bond acceptors (Lipinski definition) is 3. The van der Waals surface area contributed by atoms with Crippen molar-refractivity contribution in [2.24, 2.45) is 5.92 Å². The van der Waals surface area contributed by atoms with Gasteiger partial charge in [0, 0.05) is 19.2 Å². The summed E-state index contributed by atoms with van der Waals surface area (Å²) in [6.45, 7) is 2.08. The summed E-state index contributed by atoms with van der Waals surface area (Å²) in [6, 6.07) is 1.82. The van der Waals surface area contributed by atoms with Crippen molar-refractivity contribution in [3.8, 4) is 0 Å². The number of rotatable bonds is 2. The van der Waals surface area contributed by atoms with Gasteiger partial charge in [0.15, 0.2) is 0 Å². The molecule has 17 heavy (non-hydrogen) atoms. The van der Waals surface area contributed by atoms with E-state index < -0.39 is 11.9 Å². The Morgan fingerprint density at radius 3 is 2.94 bits per heavy atom. The molecule has 2 heterocycles. The fraction of sp³-hybridized carbons (Fsp3) is 0.364. The van der Waals surface area contributed by atoms with Crippen LogP contribution in [0.25, 0.3) is 0 Å². The van der Waals surface area contributed by atoms with E-state index in [1.807, 2.05) is 13.0 Å². The monoisotopic (exact) mass is 298 g/mol. The average Bonchev–Trinajstić information content (AvgIpc) is 2.65. The highest BCUT2D eigenvalue weighted by Gasteiger charge is 2.36. The quantitative estimate of drug-likeness (QED) is 0.900. The summed E-state index contributed by atoms with van der Waals surface area (Å²) in [5.74, 6) is -1.28. The van der Waals surface area contributed by atoms with E-state index in [1.165, 1.54) is 4.90 Å². The standard InChI is InChI=1S/C11H11BrN2O3/c1-6-2-3-13-10(9(6)12)14-5-7(11(16)17)4-8(14)15/h2-3,7H,4-5H2,1H3,(H,16,17). The van der Waals surface area contributed by atoms with Crippen LogP contribution in [0.4, 0.5) is 5.82 Å². The number of aryl methyl sites for hydroxylation is 1. The predicted octanol–water partition coefficient (Wildman–Crippen LogP) is 1.59. The molecular formula is C11H11BrN2O3. The molecule has 1 aromatic heterocycles. The molecule has 1 aliphatic heterocycles. The van der Waals surface area contributed by atoms with Crippen LogP contribution in [0.5, 0.6) is 0 Å². The van der Waals surface area contributed by atoms with Crippen molar-refractivity contribution in [1.82, 2.24) is 4.98 Å². The van der Waals surface area contributed by atoms with Gasteiger partial charge in [0.05, 0.1) is 10.4 Å². The zero-order valence-corrected chi connectivity index (χ0v) is 10.8. The van der Waals surface area contributed by atoms with Crippen LogP contribution in [0.3, 0.4) is 0 Å². The predicted molar refractivity (Wildman–Crippen MR) is 64.8 cm³/mol. The first kappa shape index (κ1) is 12.0. The Bertz CT molecular complexity index is 490. The lowest BCUT2D eigenvalue weighted by Crippen LogP contribution is -2.27. The fourth-order valence-electron chi connectivity index (χ4n) is 1.79. The van der Waals surface area contributed by atoms with Gasteiger partial charge in [-0.2, -0.15) is 0 Å². The number of pyridine rings is 1. The lowest BCUT2D eigenvalue weighted by atomic mass is 10.1. The zero-order valence-electron chi connectivity index (χ0n) is 9.18. The van der Waals surface area contributed by atoms with Crippen LogP contribution in [0.2, 0.25) is 0 Å². The van der Waals surface area contributed by atoms with Crippen molar-refractivity contribution in [3.63, 3.8) is 0 Å². The minimum Gasteiger partial charge on any atom is -0.481 e. The van der Waals surface area contributed by atoms with Crippen molar-refractivity contribution < 1.29 is 14.7 Å². The number of amides is 1. The number of carboxylic acid groups (broad SMARTS) is 1. The molecule has 6 heteroatoms. The zero-order chi connectivity index (χ0) is 12.6. The van der Waals surface area contributed by atoms with Crippen molar-refractivity contribution in [2.45, 2.75) is 13.3 Å². The molecule has 0 spiro atoms. The topological polar surface area (TPSA) is 70.5 Å². The molecule has 2 rings (SSSR count). The molecule has 0 radical (unpaired) electrons. The molecule has 90 valence electrons. The van der Waals surface area contributed by atoms with Gasteiger partial charge in [-0.25, -0.2) is 4.98 Å². The van der Waals surface area contributed by atoms with Crippen LogP contribution in [-0.2, 0) is 9.59 Å². The molecule has 1 unspecified atom stereocenters. The van der Waals surface area contributed by atoms with E-state index in [-0.39, 0.29) is 18.9 Å². The summed E-state index contributed by atoms with van der Waals surface area (Å²) in [7, 11) is 0. The largest absolute Gasteiger partial charge is 0.481 e. The molecule has 1 amide bonds. The van der Waals surface area contributed by atoms with Crippen molar-refractivity contribution in [2.75, 3.05) is 11.4 Å². The number of nitrogens with zero attached hydrogens (tertiary/aromatic N) is 2. The van der Waals surface area contributed by atoms with Crippen molar-refractivity contribution in [1.29, 1.82) is 0 Å². The van der Waals surface area contributed by atoms with Gasteiger partial charge in [0.2, 0.25) is 5.91 Å². The van der Waals surface area contributed by atoms with Gasteiger partial charge in [-0.1, -0.05) is 0 Å². The highest BCUT2D eigenvalue weighted by molar-refractivity contribution is 9.10. The third kappa shape index (κ3) is 2.17. The van der Waals surface area contributed by atoms with Gasteiger partial charge in [-0.3, -0.25) is 14.5 Å². The molecule has 5 nitrogen and oxygen atoms in total. The van der Waals surface area contributed by atoms with Gasteiger partial charge >= 0.3 is 5.97 Å². The van der Waals surface area contributed by atoms with Crippen LogP contribution in [0, 0.1) is 12.8 Å². The summed E-state index contributed by atoms with van der Waals surface area (Å²) in [4.78, 5) is 28.2. The summed E-state index contributed by atoms with van der Waals surface area (Å²) in [5.41, 5.74) is 0.960. The van der Waals surface area contributed by atoms with E-state index in [9.17, 15) is 9.59 Å². The van der Waals surface area contributed by atoms with E-state index in [0.717, 1.165) is 10.0 Å². The van der Waals surface area contributed by atoms with Gasteiger partial charge in [0.1, 0.15) is 5.82 Å². The molecule has 1 aromatic rings. The second-order valence-corrected chi connectivity index (χ2v) is 4.80. The van der Waals surface area contributed by atoms with E-state index in [1.54, 1.807) is 6.20 Å². The molecule has 0 aromatic carbocycles. The number of anilines is 1. The minimum absolute atomic E-state index is 0.0391. The van der Waals surface area contributed by atoms with Crippen LogP contribution in [-0.4, -0.2) is 28.5 Å². The lowest BCUT2D eigenvalue weighted by Gasteiger charge is -2.17. The Labute approximate surface area is 107 Å². The molecule has 0 bridgehead atoms. The molecule has 1 fully saturated rings. The molecule has 1 saturated heterocycles. The van der Waals surface area contributed by atoms with E-state index >= 15 is 0 Å². The van der Waals surface area contributed by atoms with Crippen molar-refractivity contribution >= 4 is 33.6 Å². The minimum atomic E-state index is -0.940. The fourth-order valence-corrected chi connectivity index (χ4v) is 2.24. The number of aliphatic carboxylic acids is 1. The summed E-state index contributed by atoms with van der Waals surface area (Å²) in [5, 5.41) is 8.91. The highest BCUT2D eigenvalue weighted by Crippen LogP contribution is 2.31. The second-order valence-electron chi connectivity index (χ2n) is 4.01. The van der Waals surface area contributed by atoms with Crippen molar-refractivity contribution in [3.05, 3.63) is 22.3 Å². The summed E-state index contributed by atoms with van der Waals surface area (Å²) in [6.07, 6.45) is 1.65. The Balaban J connectivity index is 2.32. The van der Waals surface area contributed by atoms with Crippen LogP contribution in [0.1, 0.15) is 12.0 Å². The number of carbonyl (C=O) groups is 2. The number of aromatic nitrogens is 1. The Hall–Kier alpha value is -1.43. The summed E-state index contributed by atoms with van der Waals surface area (Å²) >= 11 is 3.37. The molecule has 0 aliphatic carbocycles. The maximum atomic E-state index is 11.8. The number of carboxylic acids is 1. The van der Waals surface area contributed by atoms with Gasteiger partial charge in [-0.05, 0) is 34.5 Å². The lowest BCUT2D eigenvalue weighted by molar-refractivity contribution is -0.141. The maximum absolute atomic E-state index is 11.8. The second kappa shape index (κ2) is 4.44. The van der Waals surface area contributed by atoms with Gasteiger partial charge in [0.25, 0.3) is 0 Å². The Morgan fingerprint density at radius 1 is 1.65 bits per heavy atom. The molecule has 1 N–H and O–H groups in total. The number of halogens is 1. The van der Waals surface area contributed by atoms with Crippen LogP contribution in [0.15, 0.2) is 16.7 Å². The van der Waals surface area contributed by atoms with Gasteiger partial charge < -0.3 is 5.11 Å². The highest BCUT2D eigenvalue weighted by atomic mass is 79.9. The molecule has 0 saturated carbocycles. The third-order valence-corrected chi connectivity index (χ3v) is 3.77. The van der Waals surface area contributed by atoms with Crippen LogP contribution >= 0.6 is 15.9 Å². The smallest absolute Gasteiger partial charge is 0.308 e. The molecule has 1 atom stereocenters. The third-order valence-electron chi connectivity index (χ3n) is 2.79.